The van der Waals surface area contributed by atoms with Crippen molar-refractivity contribution in [2.75, 3.05) is 13.2 Å². The second-order valence-electron chi connectivity index (χ2n) is 3.79. The number of aromatic nitrogens is 1. The van der Waals surface area contributed by atoms with Gasteiger partial charge in [0.15, 0.2) is 0 Å². The average molecular weight is 223 g/mol. The molecule has 0 bridgehead atoms. The predicted molar refractivity (Wildman–Crippen MR) is 64.8 cm³/mol. The molecule has 90 valence electrons. The largest absolute Gasteiger partial charge is 0.382 e. The number of hydrogen-bond donors (Lipinski definition) is 2. The van der Waals surface area contributed by atoms with Gasteiger partial charge in [0.05, 0.1) is 0 Å². The zero-order valence-electron chi connectivity index (χ0n) is 10.1. The average Bonchev–Trinajstić information content (AvgIpc) is 2.31. The van der Waals surface area contributed by atoms with Crippen LogP contribution >= 0.6 is 0 Å². The van der Waals surface area contributed by atoms with Crippen molar-refractivity contribution in [2.45, 2.75) is 32.7 Å². The maximum Gasteiger partial charge on any atom is 0.0476 e. The van der Waals surface area contributed by atoms with Crippen molar-refractivity contribution in [3.63, 3.8) is 0 Å². The van der Waals surface area contributed by atoms with Gasteiger partial charge in [-0.15, -0.1) is 0 Å². The Morgan fingerprint density at radius 2 is 2.31 bits per heavy atom. The summed E-state index contributed by atoms with van der Waals surface area (Å²) in [5.41, 5.74) is 4.97. The first-order valence-corrected chi connectivity index (χ1v) is 5.74. The molecule has 16 heavy (non-hydrogen) atoms. The Hall–Kier alpha value is -0.970. The third-order valence-corrected chi connectivity index (χ3v) is 2.52. The quantitative estimate of drug-likeness (QED) is 0.420. The Morgan fingerprint density at radius 3 is 2.88 bits per heavy atom. The van der Waals surface area contributed by atoms with Crippen molar-refractivity contribution in [3.8, 4) is 0 Å². The van der Waals surface area contributed by atoms with E-state index in [1.807, 2.05) is 26.1 Å². The predicted octanol–water partition coefficient (Wildman–Crippen LogP) is 1.71. The Labute approximate surface area is 97.2 Å². The highest BCUT2D eigenvalue weighted by Gasteiger charge is 2.09. The van der Waals surface area contributed by atoms with Crippen LogP contribution in [-0.4, -0.2) is 18.2 Å². The molecular weight excluding hydrogens is 202 g/mol. The number of aryl methyl sites for hydroxylation is 1. The lowest BCUT2D eigenvalue weighted by Crippen LogP contribution is -2.28. The van der Waals surface area contributed by atoms with Crippen LogP contribution in [0.4, 0.5) is 0 Å². The lowest BCUT2D eigenvalue weighted by Gasteiger charge is -2.15. The number of hydrogen-bond acceptors (Lipinski definition) is 4. The maximum absolute atomic E-state index is 5.54. The van der Waals surface area contributed by atoms with Crippen molar-refractivity contribution in [1.29, 1.82) is 0 Å². The second-order valence-corrected chi connectivity index (χ2v) is 3.79. The first-order valence-electron chi connectivity index (χ1n) is 5.74. The summed E-state index contributed by atoms with van der Waals surface area (Å²) in [7, 11) is 0. The molecule has 1 aromatic heterocycles. The monoisotopic (exact) mass is 223 g/mol. The summed E-state index contributed by atoms with van der Waals surface area (Å²) in [5, 5.41) is 0. The highest BCUT2D eigenvalue weighted by molar-refractivity contribution is 5.16. The molecule has 1 rings (SSSR count). The molecule has 1 atom stereocenters. The van der Waals surface area contributed by atoms with Gasteiger partial charge < -0.3 is 4.74 Å². The first-order chi connectivity index (χ1) is 7.77. The number of nitrogens with two attached hydrogens (primary N) is 1. The van der Waals surface area contributed by atoms with E-state index in [0.29, 0.717) is 0 Å². The molecule has 0 radical (unpaired) electrons. The van der Waals surface area contributed by atoms with E-state index < -0.39 is 0 Å². The third-order valence-electron chi connectivity index (χ3n) is 2.52. The van der Waals surface area contributed by atoms with Crippen LogP contribution in [0.1, 0.15) is 37.1 Å². The van der Waals surface area contributed by atoms with Gasteiger partial charge in [-0.3, -0.25) is 16.3 Å². The summed E-state index contributed by atoms with van der Waals surface area (Å²) in [5.74, 6) is 5.54. The molecular formula is C12H21N3O. The molecule has 0 aliphatic rings. The van der Waals surface area contributed by atoms with Crippen molar-refractivity contribution >= 4 is 0 Å². The van der Waals surface area contributed by atoms with E-state index >= 15 is 0 Å². The first kappa shape index (κ1) is 13.1. The number of nitrogens with one attached hydrogen (secondary N) is 1. The molecule has 0 spiro atoms. The van der Waals surface area contributed by atoms with Crippen molar-refractivity contribution in [1.82, 2.24) is 10.4 Å². The van der Waals surface area contributed by atoms with Crippen molar-refractivity contribution in [2.24, 2.45) is 5.84 Å². The summed E-state index contributed by atoms with van der Waals surface area (Å²) in [4.78, 5) is 4.27. The summed E-state index contributed by atoms with van der Waals surface area (Å²) in [6.45, 7) is 5.53. The smallest absolute Gasteiger partial charge is 0.0476 e. The van der Waals surface area contributed by atoms with E-state index in [0.717, 1.165) is 37.3 Å². The third kappa shape index (κ3) is 4.26. The zero-order chi connectivity index (χ0) is 11.8. The molecule has 0 fully saturated rings. The van der Waals surface area contributed by atoms with Crippen LogP contribution in [0, 0.1) is 6.92 Å². The highest BCUT2D eigenvalue weighted by Crippen LogP contribution is 2.16. The normalized spacial score (nSPS) is 12.7. The fourth-order valence-electron chi connectivity index (χ4n) is 1.57. The number of rotatable bonds is 7. The molecule has 1 aromatic rings. The van der Waals surface area contributed by atoms with Crippen LogP contribution in [-0.2, 0) is 4.74 Å². The maximum atomic E-state index is 5.54. The summed E-state index contributed by atoms with van der Waals surface area (Å²) < 4.78 is 5.30. The fraction of sp³-hybridized carbons (Fsp3) is 0.583. The molecule has 1 heterocycles. The van der Waals surface area contributed by atoms with Gasteiger partial charge in [-0.05, 0) is 38.3 Å². The molecule has 0 saturated heterocycles. The van der Waals surface area contributed by atoms with Crippen LogP contribution in [0.2, 0.25) is 0 Å². The van der Waals surface area contributed by atoms with Crippen molar-refractivity contribution in [3.05, 3.63) is 29.6 Å². The molecule has 4 heteroatoms. The van der Waals surface area contributed by atoms with Crippen LogP contribution < -0.4 is 11.3 Å². The molecule has 0 aromatic carbocycles. The summed E-state index contributed by atoms with van der Waals surface area (Å²) >= 11 is 0. The fourth-order valence-corrected chi connectivity index (χ4v) is 1.57. The minimum Gasteiger partial charge on any atom is -0.382 e. The number of hydrazine groups is 1. The van der Waals surface area contributed by atoms with Gasteiger partial charge in [0.2, 0.25) is 0 Å². The zero-order valence-corrected chi connectivity index (χ0v) is 10.1. The lowest BCUT2D eigenvalue weighted by molar-refractivity contribution is 0.141. The van der Waals surface area contributed by atoms with Gasteiger partial charge in [-0.2, -0.15) is 0 Å². The van der Waals surface area contributed by atoms with Crippen LogP contribution in [0.25, 0.3) is 0 Å². The highest BCUT2D eigenvalue weighted by atomic mass is 16.5. The molecule has 4 nitrogen and oxygen atoms in total. The van der Waals surface area contributed by atoms with Gasteiger partial charge in [-0.1, -0.05) is 6.07 Å². The van der Waals surface area contributed by atoms with Crippen LogP contribution in [0.5, 0.6) is 0 Å². The Kier molecular flexibility index (Phi) is 6.00. The van der Waals surface area contributed by atoms with E-state index in [-0.39, 0.29) is 6.04 Å². The van der Waals surface area contributed by atoms with Gasteiger partial charge in [0.25, 0.3) is 0 Å². The minimum atomic E-state index is 0.161. The van der Waals surface area contributed by atoms with Gasteiger partial charge in [0, 0.05) is 31.1 Å². The minimum absolute atomic E-state index is 0.161. The molecule has 0 aliphatic carbocycles. The van der Waals surface area contributed by atoms with Gasteiger partial charge in [-0.25, -0.2) is 0 Å². The topological polar surface area (TPSA) is 60.2 Å². The number of ether oxygens (including phenoxy) is 1. The van der Waals surface area contributed by atoms with Crippen LogP contribution in [0.15, 0.2) is 18.3 Å². The summed E-state index contributed by atoms with van der Waals surface area (Å²) in [6.07, 6.45) is 3.83. The Balaban J connectivity index is 2.44. The van der Waals surface area contributed by atoms with Crippen LogP contribution in [0.3, 0.4) is 0 Å². The SMILES string of the molecule is CCOCCCC(NN)c1ccc(C)nc1. The van der Waals surface area contributed by atoms with Gasteiger partial charge in [0.1, 0.15) is 0 Å². The number of nitrogens with zero attached hydrogens (tertiary/aromatic N) is 1. The number of pyridine rings is 1. The Bertz CT molecular complexity index is 287. The molecule has 0 amide bonds. The lowest BCUT2D eigenvalue weighted by atomic mass is 10.0. The molecule has 3 N–H and O–H groups in total. The Morgan fingerprint density at radius 1 is 1.50 bits per heavy atom. The molecule has 0 saturated carbocycles. The van der Waals surface area contributed by atoms with E-state index in [1.165, 1.54) is 0 Å². The van der Waals surface area contributed by atoms with E-state index in [4.69, 9.17) is 10.6 Å². The van der Waals surface area contributed by atoms with Crippen molar-refractivity contribution < 1.29 is 4.74 Å². The van der Waals surface area contributed by atoms with Gasteiger partial charge >= 0.3 is 0 Å². The standard InChI is InChI=1S/C12H21N3O/c1-3-16-8-4-5-12(15-13)11-7-6-10(2)14-9-11/h6-7,9,12,15H,3-5,8,13H2,1-2H3. The second kappa shape index (κ2) is 7.33. The molecule has 0 aliphatic heterocycles. The molecule has 1 unspecified atom stereocenters. The summed E-state index contributed by atoms with van der Waals surface area (Å²) in [6, 6.07) is 4.23. The van der Waals surface area contributed by atoms with E-state index in [2.05, 4.69) is 16.5 Å². The van der Waals surface area contributed by atoms with E-state index in [9.17, 15) is 0 Å². The van der Waals surface area contributed by atoms with E-state index in [1.54, 1.807) is 0 Å².